The van der Waals surface area contributed by atoms with Crippen LogP contribution in [0.2, 0.25) is 0 Å². The van der Waals surface area contributed by atoms with Crippen LogP contribution < -0.4 is 5.32 Å². The van der Waals surface area contributed by atoms with Gasteiger partial charge in [0.15, 0.2) is 0 Å². The van der Waals surface area contributed by atoms with E-state index < -0.39 is 5.97 Å². The molecule has 2 aliphatic rings. The highest BCUT2D eigenvalue weighted by molar-refractivity contribution is 5.85. The first-order valence-electron chi connectivity index (χ1n) is 9.21. The van der Waals surface area contributed by atoms with Gasteiger partial charge in [-0.25, -0.2) is 4.79 Å². The minimum Gasteiger partial charge on any atom is -0.475 e. The Bertz CT molecular complexity index is 812. The SMILES string of the molecule is O=C(O)c1ccc(CNC(=O)C2(Cc3ccccc3)CC3CCC2C3)o1. The van der Waals surface area contributed by atoms with Gasteiger partial charge in [-0.2, -0.15) is 0 Å². The molecule has 2 saturated carbocycles. The van der Waals surface area contributed by atoms with Crippen LogP contribution in [0.15, 0.2) is 46.9 Å². The summed E-state index contributed by atoms with van der Waals surface area (Å²) < 4.78 is 5.26. The molecule has 2 aliphatic carbocycles. The monoisotopic (exact) mass is 353 g/mol. The van der Waals surface area contributed by atoms with Crippen LogP contribution in [-0.2, 0) is 17.8 Å². The standard InChI is InChI=1S/C21H23NO4/c23-19(24)18-9-8-17(26-18)13-22-20(25)21(11-14-4-2-1-3-5-14)12-15-6-7-16(21)10-15/h1-5,8-9,15-16H,6-7,10-13H2,(H,22,25)(H,23,24). The second-order valence-corrected chi connectivity index (χ2v) is 7.65. The Morgan fingerprint density at radius 3 is 2.58 bits per heavy atom. The van der Waals surface area contributed by atoms with Crippen molar-refractivity contribution in [2.24, 2.45) is 17.3 Å². The number of nitrogens with one attached hydrogen (secondary N) is 1. The van der Waals surface area contributed by atoms with Crippen molar-refractivity contribution in [3.63, 3.8) is 0 Å². The van der Waals surface area contributed by atoms with Crippen LogP contribution in [-0.4, -0.2) is 17.0 Å². The summed E-state index contributed by atoms with van der Waals surface area (Å²) in [5.74, 6) is 0.413. The average Bonchev–Trinajstić information content (AvgIpc) is 3.36. The van der Waals surface area contributed by atoms with Gasteiger partial charge in [0, 0.05) is 0 Å². The zero-order chi connectivity index (χ0) is 18.1. The summed E-state index contributed by atoms with van der Waals surface area (Å²) in [6, 6.07) is 13.2. The van der Waals surface area contributed by atoms with Gasteiger partial charge in [-0.05, 0) is 55.2 Å². The first-order chi connectivity index (χ1) is 12.6. The van der Waals surface area contributed by atoms with Gasteiger partial charge in [-0.1, -0.05) is 36.8 Å². The number of hydrogen-bond donors (Lipinski definition) is 2. The van der Waals surface area contributed by atoms with Crippen molar-refractivity contribution in [2.45, 2.75) is 38.6 Å². The molecule has 136 valence electrons. The Hall–Kier alpha value is -2.56. The molecular weight excluding hydrogens is 330 g/mol. The van der Waals surface area contributed by atoms with E-state index in [1.54, 1.807) is 6.07 Å². The normalized spacial score (nSPS) is 26.8. The highest BCUT2D eigenvalue weighted by Crippen LogP contribution is 2.57. The van der Waals surface area contributed by atoms with Crippen molar-refractivity contribution in [1.82, 2.24) is 5.32 Å². The molecule has 1 aromatic heterocycles. The van der Waals surface area contributed by atoms with Crippen LogP contribution >= 0.6 is 0 Å². The first kappa shape index (κ1) is 16.9. The molecule has 1 aromatic carbocycles. The molecule has 26 heavy (non-hydrogen) atoms. The number of carbonyl (C=O) groups excluding carboxylic acids is 1. The number of fused-ring (bicyclic) bond motifs is 2. The Kier molecular flexibility index (Phi) is 4.31. The summed E-state index contributed by atoms with van der Waals surface area (Å²) >= 11 is 0. The maximum atomic E-state index is 13.2. The fourth-order valence-corrected chi connectivity index (χ4v) is 4.91. The van der Waals surface area contributed by atoms with Gasteiger partial charge >= 0.3 is 5.97 Å². The molecule has 5 nitrogen and oxygen atoms in total. The summed E-state index contributed by atoms with van der Waals surface area (Å²) in [7, 11) is 0. The van der Waals surface area contributed by atoms with Crippen LogP contribution in [0.1, 0.15) is 47.6 Å². The number of carbonyl (C=O) groups is 2. The third-order valence-corrected chi connectivity index (χ3v) is 6.09. The molecule has 4 rings (SSSR count). The fourth-order valence-electron chi connectivity index (χ4n) is 4.91. The third kappa shape index (κ3) is 3.02. The molecule has 0 aliphatic heterocycles. The number of rotatable bonds is 6. The van der Waals surface area contributed by atoms with Crippen LogP contribution in [0.3, 0.4) is 0 Å². The predicted molar refractivity (Wildman–Crippen MR) is 95.5 cm³/mol. The zero-order valence-electron chi connectivity index (χ0n) is 14.6. The molecule has 2 bridgehead atoms. The van der Waals surface area contributed by atoms with E-state index in [-0.39, 0.29) is 23.6 Å². The van der Waals surface area contributed by atoms with Crippen LogP contribution in [0.5, 0.6) is 0 Å². The van der Waals surface area contributed by atoms with Gasteiger partial charge in [-0.15, -0.1) is 0 Å². The summed E-state index contributed by atoms with van der Waals surface area (Å²) in [4.78, 5) is 24.1. The number of amides is 1. The number of benzene rings is 1. The quantitative estimate of drug-likeness (QED) is 0.831. The topological polar surface area (TPSA) is 79.5 Å². The number of hydrogen-bond acceptors (Lipinski definition) is 3. The lowest BCUT2D eigenvalue weighted by Crippen LogP contribution is -2.45. The highest BCUT2D eigenvalue weighted by atomic mass is 16.4. The van der Waals surface area contributed by atoms with Crippen molar-refractivity contribution < 1.29 is 19.1 Å². The van der Waals surface area contributed by atoms with Crippen molar-refractivity contribution in [3.8, 4) is 0 Å². The Morgan fingerprint density at radius 1 is 1.15 bits per heavy atom. The van der Waals surface area contributed by atoms with Gasteiger partial charge < -0.3 is 14.8 Å². The van der Waals surface area contributed by atoms with Crippen LogP contribution in [0.4, 0.5) is 0 Å². The third-order valence-electron chi connectivity index (χ3n) is 6.09. The van der Waals surface area contributed by atoms with Gasteiger partial charge in [0.05, 0.1) is 12.0 Å². The molecule has 0 saturated heterocycles. The lowest BCUT2D eigenvalue weighted by molar-refractivity contribution is -0.134. The lowest BCUT2D eigenvalue weighted by atomic mass is 9.68. The molecule has 0 spiro atoms. The number of furan rings is 1. The first-order valence-corrected chi connectivity index (χ1v) is 9.21. The van der Waals surface area contributed by atoms with Gasteiger partial charge in [0.2, 0.25) is 11.7 Å². The van der Waals surface area contributed by atoms with Crippen molar-refractivity contribution in [1.29, 1.82) is 0 Å². The summed E-state index contributed by atoms with van der Waals surface area (Å²) in [5, 5.41) is 12.0. The molecule has 1 heterocycles. The number of carboxylic acids is 1. The molecule has 2 fully saturated rings. The predicted octanol–water partition coefficient (Wildman–Crippen LogP) is 3.64. The van der Waals surface area contributed by atoms with E-state index in [4.69, 9.17) is 9.52 Å². The van der Waals surface area contributed by atoms with Gasteiger partial charge in [0.1, 0.15) is 5.76 Å². The second-order valence-electron chi connectivity index (χ2n) is 7.65. The summed E-state index contributed by atoms with van der Waals surface area (Å²) in [6.07, 6.45) is 5.20. The summed E-state index contributed by atoms with van der Waals surface area (Å²) in [6.45, 7) is 0.222. The van der Waals surface area contributed by atoms with E-state index in [0.717, 1.165) is 25.7 Å². The Morgan fingerprint density at radius 2 is 1.96 bits per heavy atom. The molecule has 1 amide bonds. The molecule has 2 N–H and O–H groups in total. The van der Waals surface area contributed by atoms with Gasteiger partial charge in [-0.3, -0.25) is 4.79 Å². The van der Waals surface area contributed by atoms with Crippen molar-refractivity contribution >= 4 is 11.9 Å². The second kappa shape index (κ2) is 6.63. The van der Waals surface area contributed by atoms with Crippen LogP contribution in [0, 0.1) is 17.3 Å². The number of carboxylic acid groups (broad SMARTS) is 1. The van der Waals surface area contributed by atoms with Gasteiger partial charge in [0.25, 0.3) is 0 Å². The van der Waals surface area contributed by atoms with E-state index in [1.165, 1.54) is 18.1 Å². The van der Waals surface area contributed by atoms with Crippen molar-refractivity contribution in [3.05, 3.63) is 59.5 Å². The lowest BCUT2D eigenvalue weighted by Gasteiger charge is -2.36. The maximum Gasteiger partial charge on any atom is 0.371 e. The molecule has 3 unspecified atom stereocenters. The van der Waals surface area contributed by atoms with E-state index >= 15 is 0 Å². The van der Waals surface area contributed by atoms with E-state index in [0.29, 0.717) is 17.6 Å². The molecule has 5 heteroatoms. The largest absolute Gasteiger partial charge is 0.475 e. The molecule has 3 atom stereocenters. The number of aromatic carboxylic acids is 1. The van der Waals surface area contributed by atoms with Crippen LogP contribution in [0.25, 0.3) is 0 Å². The van der Waals surface area contributed by atoms with E-state index in [2.05, 4.69) is 17.4 Å². The highest BCUT2D eigenvalue weighted by Gasteiger charge is 2.55. The maximum absolute atomic E-state index is 13.2. The summed E-state index contributed by atoms with van der Waals surface area (Å²) in [5.41, 5.74) is 0.841. The molecule has 0 radical (unpaired) electrons. The fraction of sp³-hybridized carbons (Fsp3) is 0.429. The average molecular weight is 353 g/mol. The van der Waals surface area contributed by atoms with E-state index in [1.807, 2.05) is 18.2 Å². The van der Waals surface area contributed by atoms with E-state index in [9.17, 15) is 9.59 Å². The van der Waals surface area contributed by atoms with Crippen molar-refractivity contribution in [2.75, 3.05) is 0 Å². The Balaban J connectivity index is 1.50. The smallest absolute Gasteiger partial charge is 0.371 e. The minimum atomic E-state index is -1.10. The Labute approximate surface area is 152 Å². The molecular formula is C21H23NO4. The molecule has 2 aromatic rings. The minimum absolute atomic E-state index is 0.0711. The zero-order valence-corrected chi connectivity index (χ0v) is 14.6.